The van der Waals surface area contributed by atoms with Gasteiger partial charge in [-0.25, -0.2) is 0 Å². The Kier molecular flexibility index (Phi) is 4.90. The highest BCUT2D eigenvalue weighted by atomic mass is 32.1. The van der Waals surface area contributed by atoms with Gasteiger partial charge in [-0.15, -0.1) is 0 Å². The molecule has 0 saturated carbocycles. The van der Waals surface area contributed by atoms with Crippen molar-refractivity contribution in [3.8, 4) is 11.5 Å². The molecule has 0 saturated heterocycles. The largest absolute Gasteiger partial charge is 0.504 e. The summed E-state index contributed by atoms with van der Waals surface area (Å²) in [6.45, 7) is 0. The van der Waals surface area contributed by atoms with Crippen LogP contribution in [0.25, 0.3) is 10.8 Å². The number of H-pyrrole nitrogens is 1. The summed E-state index contributed by atoms with van der Waals surface area (Å²) in [5, 5.41) is 23.7. The van der Waals surface area contributed by atoms with Crippen LogP contribution in [0, 0.1) is 4.77 Å². The van der Waals surface area contributed by atoms with E-state index in [9.17, 15) is 5.11 Å². The summed E-state index contributed by atoms with van der Waals surface area (Å²) in [4.78, 5) is 0. The van der Waals surface area contributed by atoms with Gasteiger partial charge in [0.25, 0.3) is 0 Å². The standard InChI is InChI=1S/C21H18N4O2S/c1-27-19-11-14(9-10-18(19)26)13-22-25-20(23-24-21(25)28)12-16-7-4-6-15-5-2-3-8-17(15)16/h2-11,13,26H,12H2,1H3,(H,24,28)/b22-13+. The van der Waals surface area contributed by atoms with Crippen LogP contribution >= 0.6 is 12.2 Å². The van der Waals surface area contributed by atoms with Crippen LogP contribution < -0.4 is 4.74 Å². The van der Waals surface area contributed by atoms with E-state index in [-0.39, 0.29) is 5.75 Å². The molecule has 140 valence electrons. The molecule has 7 heteroatoms. The molecule has 0 aliphatic carbocycles. The van der Waals surface area contributed by atoms with E-state index in [4.69, 9.17) is 17.0 Å². The summed E-state index contributed by atoms with van der Waals surface area (Å²) < 4.78 is 7.15. The molecule has 0 aliphatic rings. The monoisotopic (exact) mass is 390 g/mol. The summed E-state index contributed by atoms with van der Waals surface area (Å²) >= 11 is 5.34. The number of ether oxygens (including phenoxy) is 1. The van der Waals surface area contributed by atoms with Gasteiger partial charge in [0.05, 0.1) is 13.3 Å². The molecule has 6 nitrogen and oxygen atoms in total. The van der Waals surface area contributed by atoms with Gasteiger partial charge < -0.3 is 9.84 Å². The van der Waals surface area contributed by atoms with Crippen molar-refractivity contribution in [3.63, 3.8) is 0 Å². The Labute approximate surface area is 166 Å². The number of hydrogen-bond acceptors (Lipinski definition) is 5. The number of nitrogens with zero attached hydrogens (tertiary/aromatic N) is 3. The molecule has 2 N–H and O–H groups in total. The molecule has 0 aliphatic heterocycles. The van der Waals surface area contributed by atoms with E-state index in [0.717, 1.165) is 11.1 Å². The number of benzene rings is 3. The lowest BCUT2D eigenvalue weighted by molar-refractivity contribution is 0.373. The number of aromatic nitrogens is 3. The first-order valence-corrected chi connectivity index (χ1v) is 9.11. The number of rotatable bonds is 5. The summed E-state index contributed by atoms with van der Waals surface area (Å²) in [7, 11) is 1.50. The SMILES string of the molecule is COc1cc(/C=N/n2c(Cc3cccc4ccccc34)n[nH]c2=S)ccc1O. The van der Waals surface area contributed by atoms with E-state index in [1.54, 1.807) is 29.1 Å². The topological polar surface area (TPSA) is 75.4 Å². The fourth-order valence-corrected chi connectivity index (χ4v) is 3.27. The smallest absolute Gasteiger partial charge is 0.216 e. The summed E-state index contributed by atoms with van der Waals surface area (Å²) in [6, 6.07) is 19.5. The van der Waals surface area contributed by atoms with Gasteiger partial charge in [-0.1, -0.05) is 42.5 Å². The van der Waals surface area contributed by atoms with E-state index in [1.165, 1.54) is 17.9 Å². The third-order valence-corrected chi connectivity index (χ3v) is 4.74. The summed E-state index contributed by atoms with van der Waals surface area (Å²) in [6.07, 6.45) is 2.24. The fraction of sp³-hybridized carbons (Fsp3) is 0.0952. The first-order valence-electron chi connectivity index (χ1n) is 8.70. The van der Waals surface area contributed by atoms with Crippen molar-refractivity contribution in [1.82, 2.24) is 14.9 Å². The third kappa shape index (κ3) is 3.52. The quantitative estimate of drug-likeness (QED) is 0.394. The molecular weight excluding hydrogens is 372 g/mol. The van der Waals surface area contributed by atoms with Gasteiger partial charge >= 0.3 is 0 Å². The molecule has 0 radical (unpaired) electrons. The normalized spacial score (nSPS) is 11.3. The highest BCUT2D eigenvalue weighted by Gasteiger charge is 2.09. The van der Waals surface area contributed by atoms with Crippen LogP contribution in [0.1, 0.15) is 17.0 Å². The van der Waals surface area contributed by atoms with Gasteiger partial charge in [0.1, 0.15) is 0 Å². The second-order valence-corrected chi connectivity index (χ2v) is 6.63. The number of phenols is 1. The van der Waals surface area contributed by atoms with E-state index < -0.39 is 0 Å². The number of aromatic hydroxyl groups is 1. The number of phenolic OH excluding ortho intramolecular Hbond substituents is 1. The highest BCUT2D eigenvalue weighted by Crippen LogP contribution is 2.25. The van der Waals surface area contributed by atoms with Crippen molar-refractivity contribution in [1.29, 1.82) is 0 Å². The van der Waals surface area contributed by atoms with Crippen LogP contribution in [-0.2, 0) is 6.42 Å². The first-order chi connectivity index (χ1) is 13.7. The molecule has 28 heavy (non-hydrogen) atoms. The minimum atomic E-state index is 0.0798. The molecular formula is C21H18N4O2S. The maximum Gasteiger partial charge on any atom is 0.216 e. The molecule has 4 aromatic rings. The van der Waals surface area contributed by atoms with Crippen molar-refractivity contribution in [3.05, 3.63) is 82.4 Å². The molecule has 0 bridgehead atoms. The lowest BCUT2D eigenvalue weighted by Crippen LogP contribution is -2.01. The van der Waals surface area contributed by atoms with E-state index in [1.807, 2.05) is 18.2 Å². The molecule has 1 heterocycles. The van der Waals surface area contributed by atoms with Gasteiger partial charge in [-0.2, -0.15) is 14.9 Å². The predicted molar refractivity (Wildman–Crippen MR) is 112 cm³/mol. The van der Waals surface area contributed by atoms with E-state index >= 15 is 0 Å². The molecule has 1 aromatic heterocycles. The summed E-state index contributed by atoms with van der Waals surface area (Å²) in [5.41, 5.74) is 1.92. The Balaban J connectivity index is 1.67. The van der Waals surface area contributed by atoms with Crippen LogP contribution in [0.4, 0.5) is 0 Å². The van der Waals surface area contributed by atoms with Crippen molar-refractivity contribution in [2.75, 3.05) is 7.11 Å². The Morgan fingerprint density at radius 2 is 2.00 bits per heavy atom. The minimum Gasteiger partial charge on any atom is -0.504 e. The van der Waals surface area contributed by atoms with Crippen LogP contribution in [0.15, 0.2) is 65.8 Å². The third-order valence-electron chi connectivity index (χ3n) is 4.47. The lowest BCUT2D eigenvalue weighted by Gasteiger charge is -2.06. The van der Waals surface area contributed by atoms with Gasteiger partial charge in [0, 0.05) is 6.42 Å². The van der Waals surface area contributed by atoms with Crippen LogP contribution in [0.5, 0.6) is 11.5 Å². The Bertz CT molecular complexity index is 1220. The zero-order valence-corrected chi connectivity index (χ0v) is 16.0. The summed E-state index contributed by atoms with van der Waals surface area (Å²) in [5.74, 6) is 1.18. The second kappa shape index (κ2) is 7.66. The van der Waals surface area contributed by atoms with Crippen LogP contribution in [0.2, 0.25) is 0 Å². The highest BCUT2D eigenvalue weighted by molar-refractivity contribution is 7.71. The van der Waals surface area contributed by atoms with Gasteiger partial charge in [0.15, 0.2) is 17.3 Å². The maximum atomic E-state index is 9.72. The van der Waals surface area contributed by atoms with E-state index in [2.05, 4.69) is 39.6 Å². The lowest BCUT2D eigenvalue weighted by atomic mass is 10.0. The van der Waals surface area contributed by atoms with Crippen molar-refractivity contribution < 1.29 is 9.84 Å². The second-order valence-electron chi connectivity index (χ2n) is 6.25. The Morgan fingerprint density at radius 1 is 1.18 bits per heavy atom. The molecule has 0 amide bonds. The maximum absolute atomic E-state index is 9.72. The van der Waals surface area contributed by atoms with Crippen LogP contribution in [-0.4, -0.2) is 33.3 Å². The number of methoxy groups -OCH3 is 1. The molecule has 0 fully saturated rings. The number of hydrogen-bond donors (Lipinski definition) is 2. The van der Waals surface area contributed by atoms with Crippen LogP contribution in [0.3, 0.4) is 0 Å². The molecule has 0 atom stereocenters. The number of fused-ring (bicyclic) bond motifs is 1. The van der Waals surface area contributed by atoms with Gasteiger partial charge in [-0.3, -0.25) is 5.10 Å². The average molecular weight is 390 g/mol. The predicted octanol–water partition coefficient (Wildman–Crippen LogP) is 4.28. The Morgan fingerprint density at radius 3 is 2.86 bits per heavy atom. The van der Waals surface area contributed by atoms with E-state index in [0.29, 0.717) is 22.8 Å². The minimum absolute atomic E-state index is 0.0798. The first kappa shape index (κ1) is 17.9. The number of aromatic amines is 1. The molecule has 4 rings (SSSR count). The molecule has 3 aromatic carbocycles. The zero-order chi connectivity index (χ0) is 19.5. The Hall–Kier alpha value is -3.45. The van der Waals surface area contributed by atoms with Crippen molar-refractivity contribution in [2.45, 2.75) is 6.42 Å². The zero-order valence-electron chi connectivity index (χ0n) is 15.2. The molecule has 0 unspecified atom stereocenters. The van der Waals surface area contributed by atoms with Gasteiger partial charge in [0.2, 0.25) is 4.77 Å². The average Bonchev–Trinajstić information content (AvgIpc) is 3.07. The van der Waals surface area contributed by atoms with Crippen molar-refractivity contribution >= 4 is 29.2 Å². The van der Waals surface area contributed by atoms with Crippen molar-refractivity contribution in [2.24, 2.45) is 5.10 Å². The van der Waals surface area contributed by atoms with Gasteiger partial charge in [-0.05, 0) is 52.3 Å². The fourth-order valence-electron chi connectivity index (χ4n) is 3.07. The number of nitrogens with one attached hydrogen (secondary N) is 1. The molecule has 0 spiro atoms.